The fraction of sp³-hybridized carbons (Fsp3) is 0.0400. The van der Waals surface area contributed by atoms with E-state index in [9.17, 15) is 20.2 Å². The van der Waals surface area contributed by atoms with E-state index in [2.05, 4.69) is 0 Å². The third-order valence-electron chi connectivity index (χ3n) is 5.91. The summed E-state index contributed by atoms with van der Waals surface area (Å²) in [5.74, 6) is -0.353. The van der Waals surface area contributed by atoms with Crippen LogP contribution in [0.15, 0.2) is 72.8 Å². The Morgan fingerprint density at radius 3 is 1.48 bits per heavy atom. The van der Waals surface area contributed by atoms with Gasteiger partial charge in [0.25, 0.3) is 17.2 Å². The van der Waals surface area contributed by atoms with Gasteiger partial charge in [-0.15, -0.1) is 0 Å². The first kappa shape index (κ1) is 19.0. The van der Waals surface area contributed by atoms with E-state index in [1.54, 1.807) is 24.3 Å². The summed E-state index contributed by atoms with van der Waals surface area (Å²) in [7, 11) is 0. The van der Waals surface area contributed by atoms with Gasteiger partial charge in [0.2, 0.25) is 0 Å². The minimum absolute atomic E-state index is 0.0353. The highest BCUT2D eigenvalue weighted by Gasteiger charge is 2.37. The molecular weight excluding hydrogens is 424 g/mol. The summed E-state index contributed by atoms with van der Waals surface area (Å²) in [6.07, 6.45) is 7.21. The zero-order valence-corrected chi connectivity index (χ0v) is 16.9. The number of rotatable bonds is 2. The van der Waals surface area contributed by atoms with Crippen LogP contribution in [0.1, 0.15) is 11.1 Å². The lowest BCUT2D eigenvalue weighted by Crippen LogP contribution is -2.41. The van der Waals surface area contributed by atoms with Gasteiger partial charge in [0.1, 0.15) is 11.5 Å². The molecule has 0 aromatic heterocycles. The first-order valence-corrected chi connectivity index (χ1v) is 10.1. The molecule has 0 unspecified atom stereocenters. The van der Waals surface area contributed by atoms with Crippen LogP contribution in [0, 0.1) is 20.2 Å². The monoisotopic (exact) mass is 438 g/mol. The van der Waals surface area contributed by atoms with Gasteiger partial charge in [0.05, 0.1) is 9.85 Å². The van der Waals surface area contributed by atoms with Gasteiger partial charge >= 0.3 is 0 Å². The SMILES string of the molecule is O=[N+]([O-])c1ccc2ccc3c(c2c1)OC1(C=C3)C=Cc2ccc3ccc([N+](=O)[O-])cc3c2O1. The number of hydrogen-bond donors (Lipinski definition) is 0. The third kappa shape index (κ3) is 2.92. The van der Waals surface area contributed by atoms with E-state index in [0.29, 0.717) is 22.3 Å². The Bertz CT molecular complexity index is 1470. The molecule has 33 heavy (non-hydrogen) atoms. The molecule has 4 aromatic rings. The van der Waals surface area contributed by atoms with Crippen LogP contribution in [-0.2, 0) is 0 Å². The fourth-order valence-electron chi connectivity index (χ4n) is 4.25. The summed E-state index contributed by atoms with van der Waals surface area (Å²) >= 11 is 0. The van der Waals surface area contributed by atoms with Gasteiger partial charge in [0.15, 0.2) is 0 Å². The molecule has 0 fully saturated rings. The number of nitro groups is 2. The van der Waals surface area contributed by atoms with Crippen molar-refractivity contribution in [3.05, 3.63) is 104 Å². The molecule has 0 atom stereocenters. The predicted molar refractivity (Wildman–Crippen MR) is 123 cm³/mol. The van der Waals surface area contributed by atoms with Crippen LogP contribution in [0.2, 0.25) is 0 Å². The van der Waals surface area contributed by atoms with Crippen LogP contribution in [-0.4, -0.2) is 15.6 Å². The Balaban J connectivity index is 1.49. The van der Waals surface area contributed by atoms with Crippen LogP contribution in [0.5, 0.6) is 11.5 Å². The quantitative estimate of drug-likeness (QED) is 0.280. The molecule has 6 rings (SSSR count). The number of nitro benzene ring substituents is 2. The largest absolute Gasteiger partial charge is 0.444 e. The van der Waals surface area contributed by atoms with Crippen molar-refractivity contribution in [2.45, 2.75) is 5.79 Å². The average Bonchev–Trinajstić information content (AvgIpc) is 2.83. The number of non-ortho nitro benzene ring substituents is 2. The van der Waals surface area contributed by atoms with Gasteiger partial charge in [-0.05, 0) is 35.1 Å². The molecule has 2 heterocycles. The highest BCUT2D eigenvalue weighted by atomic mass is 16.7. The van der Waals surface area contributed by atoms with Crippen LogP contribution in [0.4, 0.5) is 11.4 Å². The minimum atomic E-state index is -1.29. The normalized spacial score (nSPS) is 15.0. The number of fused-ring (bicyclic) bond motifs is 6. The van der Waals surface area contributed by atoms with Crippen molar-refractivity contribution >= 4 is 45.1 Å². The van der Waals surface area contributed by atoms with Crippen molar-refractivity contribution in [3.63, 3.8) is 0 Å². The number of nitrogens with zero attached hydrogens (tertiary/aromatic N) is 2. The Morgan fingerprint density at radius 2 is 1.06 bits per heavy atom. The van der Waals surface area contributed by atoms with Gasteiger partial charge in [-0.2, -0.15) is 0 Å². The highest BCUT2D eigenvalue weighted by Crippen LogP contribution is 2.44. The maximum Gasteiger partial charge on any atom is 0.291 e. The molecule has 0 saturated heterocycles. The van der Waals surface area contributed by atoms with Crippen molar-refractivity contribution in [3.8, 4) is 11.5 Å². The second kappa shape index (κ2) is 6.64. The molecule has 1 spiro atoms. The van der Waals surface area contributed by atoms with Gasteiger partial charge < -0.3 is 9.47 Å². The van der Waals surface area contributed by atoms with Crippen LogP contribution >= 0.6 is 0 Å². The Hall–Kier alpha value is -4.72. The number of ether oxygens (including phenoxy) is 2. The topological polar surface area (TPSA) is 105 Å². The molecule has 2 aliphatic heterocycles. The summed E-state index contributed by atoms with van der Waals surface area (Å²) in [6, 6.07) is 16.8. The van der Waals surface area contributed by atoms with Crippen molar-refractivity contribution in [2.24, 2.45) is 0 Å². The third-order valence-corrected chi connectivity index (χ3v) is 5.91. The summed E-state index contributed by atoms with van der Waals surface area (Å²) in [4.78, 5) is 21.7. The van der Waals surface area contributed by atoms with E-state index in [1.807, 2.05) is 36.4 Å². The van der Waals surface area contributed by atoms with Crippen LogP contribution in [0.3, 0.4) is 0 Å². The van der Waals surface area contributed by atoms with Crippen molar-refractivity contribution < 1.29 is 19.3 Å². The van der Waals surface area contributed by atoms with Gasteiger partial charge in [0, 0.05) is 58.3 Å². The molecule has 0 saturated carbocycles. The molecular formula is C25H14N2O6. The Kier molecular flexibility index (Phi) is 3.82. The molecule has 0 amide bonds. The van der Waals surface area contributed by atoms with Crippen molar-refractivity contribution in [2.75, 3.05) is 0 Å². The zero-order chi connectivity index (χ0) is 22.7. The summed E-state index contributed by atoms with van der Waals surface area (Å²) in [6.45, 7) is 0. The zero-order valence-electron chi connectivity index (χ0n) is 16.9. The molecule has 0 radical (unpaired) electrons. The molecule has 160 valence electrons. The lowest BCUT2D eigenvalue weighted by molar-refractivity contribution is -0.384. The molecule has 4 aromatic carbocycles. The van der Waals surface area contributed by atoms with Gasteiger partial charge in [-0.1, -0.05) is 24.3 Å². The maximum absolute atomic E-state index is 11.3. The molecule has 0 N–H and O–H groups in total. The van der Waals surface area contributed by atoms with Crippen molar-refractivity contribution in [1.82, 2.24) is 0 Å². The average molecular weight is 438 g/mol. The molecule has 8 nitrogen and oxygen atoms in total. The molecule has 2 aliphatic rings. The van der Waals surface area contributed by atoms with Crippen LogP contribution in [0.25, 0.3) is 33.7 Å². The summed E-state index contributed by atoms with van der Waals surface area (Å²) < 4.78 is 12.7. The van der Waals surface area contributed by atoms with E-state index in [0.717, 1.165) is 21.9 Å². The Morgan fingerprint density at radius 1 is 0.636 bits per heavy atom. The predicted octanol–water partition coefficient (Wildman–Crippen LogP) is 6.02. The summed E-state index contributed by atoms with van der Waals surface area (Å²) in [5.41, 5.74) is 1.47. The maximum atomic E-state index is 11.3. The highest BCUT2D eigenvalue weighted by molar-refractivity contribution is 5.96. The minimum Gasteiger partial charge on any atom is -0.444 e. The van der Waals surface area contributed by atoms with Gasteiger partial charge in [-0.25, -0.2) is 0 Å². The van der Waals surface area contributed by atoms with Crippen LogP contribution < -0.4 is 9.47 Å². The Labute approximate surface area is 186 Å². The van der Waals surface area contributed by atoms with E-state index < -0.39 is 15.6 Å². The molecule has 8 heteroatoms. The second-order valence-corrected chi connectivity index (χ2v) is 7.89. The first-order chi connectivity index (χ1) is 15.9. The lowest BCUT2D eigenvalue weighted by Gasteiger charge is -2.36. The molecule has 0 bridgehead atoms. The van der Waals surface area contributed by atoms with E-state index in [-0.39, 0.29) is 11.4 Å². The van der Waals surface area contributed by atoms with E-state index >= 15 is 0 Å². The van der Waals surface area contributed by atoms with E-state index in [4.69, 9.17) is 9.47 Å². The van der Waals surface area contributed by atoms with Crippen molar-refractivity contribution in [1.29, 1.82) is 0 Å². The lowest BCUT2D eigenvalue weighted by atomic mass is 9.98. The first-order valence-electron chi connectivity index (χ1n) is 10.1. The standard InChI is InChI=1S/C25H14N2O6/c28-26(29)19-7-5-15-1-3-17-9-11-25(32-23(17)21(15)13-19)12-10-18-4-2-16-6-8-20(27(30)31)14-22(16)24(18)33-25/h1-14H. The molecule has 0 aliphatic carbocycles. The number of hydrogen-bond acceptors (Lipinski definition) is 6. The van der Waals surface area contributed by atoms with E-state index in [1.165, 1.54) is 24.3 Å². The fourth-order valence-corrected chi connectivity index (χ4v) is 4.25. The smallest absolute Gasteiger partial charge is 0.291 e. The van der Waals surface area contributed by atoms with Gasteiger partial charge in [-0.3, -0.25) is 20.2 Å². The second-order valence-electron chi connectivity index (χ2n) is 7.89. The summed E-state index contributed by atoms with van der Waals surface area (Å²) in [5, 5.41) is 25.4. The number of benzene rings is 4.